The van der Waals surface area contributed by atoms with Gasteiger partial charge in [0.05, 0.1) is 10.4 Å². The predicted octanol–water partition coefficient (Wildman–Crippen LogP) is 6.03. The largest absolute Gasteiger partial charge is 0.457 e. The van der Waals surface area contributed by atoms with Crippen LogP contribution < -0.4 is 10.2 Å². The molecule has 1 heterocycles. The van der Waals surface area contributed by atoms with E-state index in [9.17, 15) is 4.79 Å². The van der Waals surface area contributed by atoms with Gasteiger partial charge in [-0.05, 0) is 43.3 Å². The second-order valence-electron chi connectivity index (χ2n) is 6.59. The van der Waals surface area contributed by atoms with Gasteiger partial charge in [-0.2, -0.15) is 5.10 Å². The molecule has 0 saturated carbocycles. The lowest BCUT2D eigenvalue weighted by Crippen LogP contribution is -2.21. The van der Waals surface area contributed by atoms with Crippen molar-refractivity contribution in [3.05, 3.63) is 118 Å². The minimum absolute atomic E-state index is 0.330. The molecule has 0 fully saturated rings. The second kappa shape index (κ2) is 9.20. The standard InChI is InChI=1S/C25H20N2O2S/c1-18-16-17-23(30-18)24(19-10-4-2-5-11-19)26-27-25(28)21-14-8-9-15-22(21)29-20-12-6-3-7-13-20/h2-17H,1H3,(H,27,28). The Hall–Kier alpha value is -3.70. The maximum atomic E-state index is 12.9. The number of rotatable bonds is 6. The maximum absolute atomic E-state index is 12.9. The number of thiophene rings is 1. The Morgan fingerprint density at radius 3 is 2.20 bits per heavy atom. The zero-order valence-corrected chi connectivity index (χ0v) is 17.2. The van der Waals surface area contributed by atoms with E-state index < -0.39 is 0 Å². The molecule has 148 valence electrons. The molecule has 0 aliphatic rings. The number of hydrogen-bond acceptors (Lipinski definition) is 4. The average Bonchev–Trinajstić information content (AvgIpc) is 3.21. The Bertz CT molecular complexity index is 1170. The Balaban J connectivity index is 1.62. The molecule has 0 radical (unpaired) electrons. The molecular formula is C25H20N2O2S. The Labute approximate surface area is 179 Å². The molecule has 1 amide bonds. The van der Waals surface area contributed by atoms with E-state index in [4.69, 9.17) is 4.74 Å². The van der Waals surface area contributed by atoms with E-state index in [1.165, 1.54) is 4.88 Å². The summed E-state index contributed by atoms with van der Waals surface area (Å²) in [6.45, 7) is 2.05. The molecule has 3 aromatic carbocycles. The summed E-state index contributed by atoms with van der Waals surface area (Å²) >= 11 is 1.64. The van der Waals surface area contributed by atoms with Crippen molar-refractivity contribution in [3.63, 3.8) is 0 Å². The number of carbonyl (C=O) groups is 1. The zero-order valence-electron chi connectivity index (χ0n) is 16.4. The van der Waals surface area contributed by atoms with E-state index >= 15 is 0 Å². The topological polar surface area (TPSA) is 50.7 Å². The summed E-state index contributed by atoms with van der Waals surface area (Å²) in [7, 11) is 0. The monoisotopic (exact) mass is 412 g/mol. The number of carbonyl (C=O) groups excluding carboxylic acids is 1. The van der Waals surface area contributed by atoms with Crippen molar-refractivity contribution in [2.75, 3.05) is 0 Å². The minimum atomic E-state index is -0.330. The highest BCUT2D eigenvalue weighted by Gasteiger charge is 2.14. The fraction of sp³-hybridized carbons (Fsp3) is 0.0400. The molecule has 0 bridgehead atoms. The van der Waals surface area contributed by atoms with Crippen molar-refractivity contribution < 1.29 is 9.53 Å². The number of para-hydroxylation sites is 2. The third kappa shape index (κ3) is 4.64. The maximum Gasteiger partial charge on any atom is 0.275 e. The van der Waals surface area contributed by atoms with Gasteiger partial charge in [-0.3, -0.25) is 4.79 Å². The van der Waals surface area contributed by atoms with Gasteiger partial charge >= 0.3 is 0 Å². The van der Waals surface area contributed by atoms with Crippen LogP contribution in [0, 0.1) is 6.92 Å². The molecule has 0 aliphatic heterocycles. The second-order valence-corrected chi connectivity index (χ2v) is 7.88. The van der Waals surface area contributed by atoms with Gasteiger partial charge in [-0.1, -0.05) is 60.7 Å². The highest BCUT2D eigenvalue weighted by molar-refractivity contribution is 7.14. The van der Waals surface area contributed by atoms with Crippen molar-refractivity contribution in [2.45, 2.75) is 6.92 Å². The minimum Gasteiger partial charge on any atom is -0.457 e. The molecule has 4 aromatic rings. The van der Waals surface area contributed by atoms with Crippen LogP contribution in [0.25, 0.3) is 0 Å². The Kier molecular flexibility index (Phi) is 6.01. The molecule has 0 unspecified atom stereocenters. The lowest BCUT2D eigenvalue weighted by Gasteiger charge is -2.11. The first-order chi connectivity index (χ1) is 14.7. The first-order valence-electron chi connectivity index (χ1n) is 9.53. The van der Waals surface area contributed by atoms with Gasteiger partial charge in [0.2, 0.25) is 0 Å². The molecule has 1 aromatic heterocycles. The highest BCUT2D eigenvalue weighted by Crippen LogP contribution is 2.25. The van der Waals surface area contributed by atoms with Gasteiger partial charge in [-0.25, -0.2) is 5.43 Å². The number of ether oxygens (including phenoxy) is 1. The molecule has 4 rings (SSSR count). The molecule has 4 nitrogen and oxygen atoms in total. The summed E-state index contributed by atoms with van der Waals surface area (Å²) in [6, 6.07) is 30.4. The van der Waals surface area contributed by atoms with Crippen molar-refractivity contribution >= 4 is 23.0 Å². The van der Waals surface area contributed by atoms with E-state index in [0.717, 1.165) is 16.2 Å². The molecule has 5 heteroatoms. The first kappa shape index (κ1) is 19.6. The number of nitrogens with one attached hydrogen (secondary N) is 1. The van der Waals surface area contributed by atoms with Crippen LogP contribution in [0.2, 0.25) is 0 Å². The van der Waals surface area contributed by atoms with E-state index in [1.54, 1.807) is 29.5 Å². The number of hydrazone groups is 1. The van der Waals surface area contributed by atoms with Crippen molar-refractivity contribution in [3.8, 4) is 11.5 Å². The summed E-state index contributed by atoms with van der Waals surface area (Å²) in [5, 5.41) is 4.47. The van der Waals surface area contributed by atoms with Gasteiger partial charge in [0.1, 0.15) is 17.2 Å². The number of benzene rings is 3. The summed E-state index contributed by atoms with van der Waals surface area (Å²) < 4.78 is 5.90. The fourth-order valence-electron chi connectivity index (χ4n) is 2.95. The van der Waals surface area contributed by atoms with Crippen LogP contribution in [0.4, 0.5) is 0 Å². The Morgan fingerprint density at radius 2 is 1.50 bits per heavy atom. The smallest absolute Gasteiger partial charge is 0.275 e. The SMILES string of the molecule is Cc1ccc(C(=NNC(=O)c2ccccc2Oc2ccccc2)c2ccccc2)s1. The third-order valence-corrected chi connectivity index (χ3v) is 5.40. The first-order valence-corrected chi connectivity index (χ1v) is 10.3. The summed E-state index contributed by atoms with van der Waals surface area (Å²) in [4.78, 5) is 15.1. The predicted molar refractivity (Wildman–Crippen MR) is 122 cm³/mol. The molecule has 0 atom stereocenters. The normalized spacial score (nSPS) is 11.2. The average molecular weight is 413 g/mol. The quantitative estimate of drug-likeness (QED) is 0.310. The lowest BCUT2D eigenvalue weighted by molar-refractivity contribution is 0.0952. The van der Waals surface area contributed by atoms with Crippen LogP contribution >= 0.6 is 11.3 Å². The molecule has 1 N–H and O–H groups in total. The van der Waals surface area contributed by atoms with Crippen molar-refractivity contribution in [2.24, 2.45) is 5.10 Å². The van der Waals surface area contributed by atoms with E-state index in [-0.39, 0.29) is 5.91 Å². The molecule has 0 aliphatic carbocycles. The number of amides is 1. The summed E-state index contributed by atoms with van der Waals surface area (Å²) in [5.74, 6) is 0.813. The summed E-state index contributed by atoms with van der Waals surface area (Å²) in [5.41, 5.74) is 4.79. The third-order valence-electron chi connectivity index (χ3n) is 4.39. The van der Waals surface area contributed by atoms with Gasteiger partial charge in [-0.15, -0.1) is 11.3 Å². The van der Waals surface area contributed by atoms with Crippen molar-refractivity contribution in [1.29, 1.82) is 0 Å². The van der Waals surface area contributed by atoms with Gasteiger partial charge in [0, 0.05) is 10.4 Å². The van der Waals surface area contributed by atoms with Gasteiger partial charge in [0.25, 0.3) is 5.91 Å². The number of aryl methyl sites for hydroxylation is 1. The van der Waals surface area contributed by atoms with Crippen LogP contribution in [0.1, 0.15) is 25.7 Å². The zero-order chi connectivity index (χ0) is 20.8. The van der Waals surface area contributed by atoms with E-state index in [2.05, 4.69) is 10.5 Å². The van der Waals surface area contributed by atoms with E-state index in [0.29, 0.717) is 17.1 Å². The van der Waals surface area contributed by atoms with Crippen LogP contribution in [0.15, 0.2) is 102 Å². The molecule has 30 heavy (non-hydrogen) atoms. The number of nitrogens with zero attached hydrogens (tertiary/aromatic N) is 1. The molecular weight excluding hydrogens is 392 g/mol. The molecule has 0 saturated heterocycles. The fourth-order valence-corrected chi connectivity index (χ4v) is 3.82. The van der Waals surface area contributed by atoms with Crippen molar-refractivity contribution in [1.82, 2.24) is 5.43 Å². The highest BCUT2D eigenvalue weighted by atomic mass is 32.1. The lowest BCUT2D eigenvalue weighted by atomic mass is 10.1. The Morgan fingerprint density at radius 1 is 0.833 bits per heavy atom. The van der Waals surface area contributed by atoms with Crippen LogP contribution in [0.5, 0.6) is 11.5 Å². The number of hydrogen-bond donors (Lipinski definition) is 1. The van der Waals surface area contributed by atoms with Gasteiger partial charge < -0.3 is 4.74 Å². The van der Waals surface area contributed by atoms with Gasteiger partial charge in [0.15, 0.2) is 0 Å². The van der Waals surface area contributed by atoms with E-state index in [1.807, 2.05) is 85.8 Å². The summed E-state index contributed by atoms with van der Waals surface area (Å²) in [6.07, 6.45) is 0. The van der Waals surface area contributed by atoms with Crippen LogP contribution in [0.3, 0.4) is 0 Å². The molecule has 0 spiro atoms. The van der Waals surface area contributed by atoms with Crippen LogP contribution in [-0.4, -0.2) is 11.6 Å². The van der Waals surface area contributed by atoms with Crippen LogP contribution in [-0.2, 0) is 0 Å².